The maximum Gasteiger partial charge on any atom is 0.374 e. The molecule has 15 heavy (non-hydrogen) atoms. The molecule has 1 aromatic rings. The number of carbonyl (C=O) groups is 1. The van der Waals surface area contributed by atoms with E-state index in [0.29, 0.717) is 11.3 Å². The molecule has 0 bridgehead atoms. The van der Waals surface area contributed by atoms with Crippen LogP contribution in [-0.2, 0) is 4.74 Å². The Balaban J connectivity index is 3.01. The lowest BCUT2D eigenvalue weighted by Gasteiger charge is -2.12. The Morgan fingerprint density at radius 3 is 2.53 bits per heavy atom. The third kappa shape index (κ3) is 2.95. The quantitative estimate of drug-likeness (QED) is 0.635. The van der Waals surface area contributed by atoms with Crippen LogP contribution in [0.25, 0.3) is 0 Å². The van der Waals surface area contributed by atoms with Crippen molar-refractivity contribution in [3.8, 4) is 0 Å². The van der Waals surface area contributed by atoms with E-state index in [-0.39, 0.29) is 5.76 Å². The highest BCUT2D eigenvalue weighted by Crippen LogP contribution is 2.18. The smallest absolute Gasteiger partial charge is 0.374 e. The van der Waals surface area contributed by atoms with E-state index < -0.39 is 14.0 Å². The first kappa shape index (κ1) is 12.5. The molecule has 0 aliphatic rings. The van der Waals surface area contributed by atoms with Gasteiger partial charge in [0.1, 0.15) is 0 Å². The Morgan fingerprint density at radius 1 is 1.53 bits per heavy atom. The molecular formula is C10H15BrO3Si. The molecule has 0 N–H and O–H groups in total. The van der Waals surface area contributed by atoms with Crippen molar-refractivity contribution >= 4 is 35.2 Å². The number of hydrogen-bond donors (Lipinski definition) is 0. The maximum absolute atomic E-state index is 11.4. The zero-order valence-electron chi connectivity index (χ0n) is 9.39. The molecule has 0 aliphatic heterocycles. The van der Waals surface area contributed by atoms with Crippen LogP contribution in [0.1, 0.15) is 17.5 Å². The topological polar surface area (TPSA) is 39.4 Å². The van der Waals surface area contributed by atoms with Gasteiger partial charge in [0.05, 0.1) is 14.7 Å². The molecule has 0 fully saturated rings. The molecular weight excluding hydrogens is 276 g/mol. The van der Waals surface area contributed by atoms with Crippen molar-refractivity contribution in [3.05, 3.63) is 16.5 Å². The molecule has 0 unspecified atom stereocenters. The second kappa shape index (κ2) is 4.53. The first-order valence-electron chi connectivity index (χ1n) is 4.83. The lowest BCUT2D eigenvalue weighted by molar-refractivity contribution is 0.0488. The first-order chi connectivity index (χ1) is 6.86. The molecule has 5 heteroatoms. The minimum Gasteiger partial charge on any atom is -0.460 e. The van der Waals surface area contributed by atoms with E-state index in [9.17, 15) is 4.79 Å². The van der Waals surface area contributed by atoms with Crippen LogP contribution in [0.4, 0.5) is 0 Å². The number of hydrogen-bond acceptors (Lipinski definition) is 3. The van der Waals surface area contributed by atoms with Crippen LogP contribution in [0.2, 0.25) is 19.6 Å². The summed E-state index contributed by atoms with van der Waals surface area (Å²) in [4.78, 5) is 11.4. The lowest BCUT2D eigenvalue weighted by atomic mass is 10.4. The number of carbonyl (C=O) groups excluding carboxylic acids is 1. The van der Waals surface area contributed by atoms with Crippen LogP contribution >= 0.6 is 15.9 Å². The van der Waals surface area contributed by atoms with Gasteiger partial charge in [-0.15, -0.1) is 0 Å². The van der Waals surface area contributed by atoms with Gasteiger partial charge >= 0.3 is 5.97 Å². The van der Waals surface area contributed by atoms with E-state index in [4.69, 9.17) is 9.15 Å². The summed E-state index contributed by atoms with van der Waals surface area (Å²) in [5.41, 5.74) is 0. The van der Waals surface area contributed by atoms with Crippen molar-refractivity contribution in [2.24, 2.45) is 0 Å². The van der Waals surface area contributed by atoms with Crippen LogP contribution in [0.15, 0.2) is 15.2 Å². The van der Waals surface area contributed by atoms with Crippen molar-refractivity contribution in [3.63, 3.8) is 0 Å². The van der Waals surface area contributed by atoms with Gasteiger partial charge < -0.3 is 9.15 Å². The Bertz CT molecular complexity index is 365. The van der Waals surface area contributed by atoms with Gasteiger partial charge in [0.2, 0.25) is 5.76 Å². The Hall–Kier alpha value is -0.553. The average Bonchev–Trinajstić information content (AvgIpc) is 2.47. The summed E-state index contributed by atoms with van der Waals surface area (Å²) in [7, 11) is -1.47. The first-order valence-corrected chi connectivity index (χ1v) is 9.12. The Morgan fingerprint density at radius 2 is 2.13 bits per heavy atom. The molecule has 1 heterocycles. The van der Waals surface area contributed by atoms with E-state index in [0.717, 1.165) is 5.19 Å². The molecule has 0 saturated heterocycles. The van der Waals surface area contributed by atoms with E-state index in [1.807, 2.05) is 0 Å². The average molecular weight is 291 g/mol. The molecule has 0 aliphatic carbocycles. The maximum atomic E-state index is 11.4. The van der Waals surface area contributed by atoms with Crippen LogP contribution < -0.4 is 5.19 Å². The number of halogens is 1. The fraction of sp³-hybridized carbons (Fsp3) is 0.500. The molecule has 1 aromatic heterocycles. The molecule has 0 saturated carbocycles. The summed E-state index contributed by atoms with van der Waals surface area (Å²) in [6, 6.07) is 1.79. The van der Waals surface area contributed by atoms with Crippen LogP contribution in [0, 0.1) is 0 Å². The predicted octanol–water partition coefficient (Wildman–Crippen LogP) is 2.76. The van der Waals surface area contributed by atoms with E-state index in [2.05, 4.69) is 35.6 Å². The van der Waals surface area contributed by atoms with Crippen LogP contribution in [-0.4, -0.2) is 20.7 Å². The van der Waals surface area contributed by atoms with Gasteiger partial charge in [-0.1, -0.05) is 19.6 Å². The fourth-order valence-electron chi connectivity index (χ4n) is 1.18. The highest BCUT2D eigenvalue weighted by Gasteiger charge is 2.25. The zero-order chi connectivity index (χ0) is 11.6. The third-order valence-electron chi connectivity index (χ3n) is 1.97. The van der Waals surface area contributed by atoms with Crippen molar-refractivity contribution in [1.82, 2.24) is 0 Å². The number of ether oxygens (including phenoxy) is 1. The molecule has 1 rings (SSSR count). The molecule has 84 valence electrons. The zero-order valence-corrected chi connectivity index (χ0v) is 12.0. The second-order valence-electron chi connectivity index (χ2n) is 4.27. The van der Waals surface area contributed by atoms with Crippen LogP contribution in [0.3, 0.4) is 0 Å². The van der Waals surface area contributed by atoms with Crippen molar-refractivity contribution in [2.75, 3.05) is 6.61 Å². The monoisotopic (exact) mass is 290 g/mol. The SMILES string of the molecule is CCOC(=O)c1cc([Si](C)(C)C)c(Br)o1. The summed E-state index contributed by atoms with van der Waals surface area (Å²) >= 11 is 3.33. The van der Waals surface area contributed by atoms with Gasteiger partial charge in [0.25, 0.3) is 0 Å². The number of esters is 1. The lowest BCUT2D eigenvalue weighted by Crippen LogP contribution is -2.37. The van der Waals surface area contributed by atoms with Gasteiger partial charge in [-0.2, -0.15) is 0 Å². The molecule has 0 spiro atoms. The Labute approximate surface area is 98.9 Å². The van der Waals surface area contributed by atoms with Crippen molar-refractivity contribution < 1.29 is 13.9 Å². The molecule has 0 radical (unpaired) electrons. The van der Waals surface area contributed by atoms with Crippen molar-refractivity contribution in [2.45, 2.75) is 26.6 Å². The summed E-state index contributed by atoms with van der Waals surface area (Å²) in [6.45, 7) is 8.71. The third-order valence-corrected chi connectivity index (χ3v) is 4.91. The number of furan rings is 1. The summed E-state index contributed by atoms with van der Waals surface area (Å²) in [5, 5.41) is 1.10. The molecule has 0 amide bonds. The van der Waals surface area contributed by atoms with E-state index in [1.54, 1.807) is 13.0 Å². The standard InChI is InChI=1S/C10H15BrO3Si/c1-5-13-10(12)7-6-8(9(11)14-7)15(2,3)4/h6H,5H2,1-4H3. The highest BCUT2D eigenvalue weighted by molar-refractivity contribution is 9.10. The Kier molecular flexibility index (Phi) is 3.78. The summed E-state index contributed by atoms with van der Waals surface area (Å²) in [5.74, 6) is -0.121. The van der Waals surface area contributed by atoms with E-state index >= 15 is 0 Å². The molecule has 0 aromatic carbocycles. The highest BCUT2D eigenvalue weighted by atomic mass is 79.9. The van der Waals surface area contributed by atoms with Gasteiger partial charge in [-0.25, -0.2) is 4.79 Å². The van der Waals surface area contributed by atoms with Crippen molar-refractivity contribution in [1.29, 1.82) is 0 Å². The van der Waals surface area contributed by atoms with Gasteiger partial charge in [-0.3, -0.25) is 0 Å². The van der Waals surface area contributed by atoms with Gasteiger partial charge in [-0.05, 0) is 34.1 Å². The fourth-order valence-corrected chi connectivity index (χ4v) is 4.46. The second-order valence-corrected chi connectivity index (χ2v) is 10.0. The summed E-state index contributed by atoms with van der Waals surface area (Å²) in [6.07, 6.45) is 0. The molecule has 3 nitrogen and oxygen atoms in total. The normalized spacial score (nSPS) is 11.5. The van der Waals surface area contributed by atoms with Gasteiger partial charge in [0.15, 0.2) is 4.67 Å². The minimum atomic E-state index is -1.47. The van der Waals surface area contributed by atoms with Gasteiger partial charge in [0, 0.05) is 0 Å². The largest absolute Gasteiger partial charge is 0.460 e. The predicted molar refractivity (Wildman–Crippen MR) is 65.3 cm³/mol. The van der Waals surface area contributed by atoms with E-state index in [1.165, 1.54) is 0 Å². The molecule has 0 atom stereocenters. The summed E-state index contributed by atoms with van der Waals surface area (Å²) < 4.78 is 10.9. The minimum absolute atomic E-state index is 0.279. The number of rotatable bonds is 3. The van der Waals surface area contributed by atoms with Crippen LogP contribution in [0.5, 0.6) is 0 Å².